The SMILES string of the molecule is CCC1CCC(NC(=O)CC(C)c2ccc(N)cc2)CC1. The number of carbonyl (C=O) groups excluding carboxylic acids is 1. The van der Waals surface area contributed by atoms with E-state index in [2.05, 4.69) is 19.2 Å². The Morgan fingerprint density at radius 3 is 2.43 bits per heavy atom. The molecule has 1 aliphatic rings. The lowest BCUT2D eigenvalue weighted by Gasteiger charge is -2.28. The van der Waals surface area contributed by atoms with Gasteiger partial charge in [-0.25, -0.2) is 0 Å². The summed E-state index contributed by atoms with van der Waals surface area (Å²) in [6.07, 6.45) is 6.62. The Kier molecular flexibility index (Phi) is 5.66. The van der Waals surface area contributed by atoms with Crippen LogP contribution in [0, 0.1) is 5.92 Å². The van der Waals surface area contributed by atoms with Gasteiger partial charge in [0, 0.05) is 18.2 Å². The van der Waals surface area contributed by atoms with Crippen LogP contribution in [0.1, 0.15) is 63.9 Å². The minimum absolute atomic E-state index is 0.180. The number of anilines is 1. The van der Waals surface area contributed by atoms with Gasteiger partial charge in [-0.2, -0.15) is 0 Å². The van der Waals surface area contributed by atoms with Crippen molar-refractivity contribution >= 4 is 11.6 Å². The molecule has 1 unspecified atom stereocenters. The lowest BCUT2D eigenvalue weighted by molar-refractivity contribution is -0.122. The fraction of sp³-hybridized carbons (Fsp3) is 0.611. The molecule has 3 N–H and O–H groups in total. The van der Waals surface area contributed by atoms with Gasteiger partial charge in [-0.15, -0.1) is 0 Å². The zero-order chi connectivity index (χ0) is 15.2. The maximum atomic E-state index is 12.2. The van der Waals surface area contributed by atoms with Crippen LogP contribution in [0.25, 0.3) is 0 Å². The zero-order valence-electron chi connectivity index (χ0n) is 13.3. The standard InChI is InChI=1S/C18H28N2O/c1-3-14-4-10-17(11-5-14)20-18(21)12-13(2)15-6-8-16(19)9-7-15/h6-9,13-14,17H,3-5,10-12,19H2,1-2H3,(H,20,21). The molecular weight excluding hydrogens is 260 g/mol. The summed E-state index contributed by atoms with van der Waals surface area (Å²) >= 11 is 0. The number of nitrogen functional groups attached to an aromatic ring is 1. The first-order valence-corrected chi connectivity index (χ1v) is 8.23. The average Bonchev–Trinajstić information content (AvgIpc) is 2.48. The third kappa shape index (κ3) is 4.76. The number of amides is 1. The van der Waals surface area contributed by atoms with E-state index in [1.165, 1.54) is 24.8 Å². The van der Waals surface area contributed by atoms with E-state index in [1.807, 2.05) is 24.3 Å². The van der Waals surface area contributed by atoms with Gasteiger partial charge in [0.1, 0.15) is 0 Å². The van der Waals surface area contributed by atoms with E-state index in [0.717, 1.165) is 24.4 Å². The molecule has 3 heteroatoms. The fourth-order valence-electron chi connectivity index (χ4n) is 3.22. The van der Waals surface area contributed by atoms with E-state index in [0.29, 0.717) is 12.5 Å². The van der Waals surface area contributed by atoms with Crippen molar-refractivity contribution in [1.29, 1.82) is 0 Å². The van der Waals surface area contributed by atoms with Gasteiger partial charge in [0.05, 0.1) is 0 Å². The molecule has 2 rings (SSSR count). The van der Waals surface area contributed by atoms with Gasteiger partial charge in [0.15, 0.2) is 0 Å². The Morgan fingerprint density at radius 2 is 1.86 bits per heavy atom. The third-order valence-corrected chi connectivity index (χ3v) is 4.79. The smallest absolute Gasteiger partial charge is 0.220 e. The van der Waals surface area contributed by atoms with Crippen LogP contribution in [0.5, 0.6) is 0 Å². The molecule has 1 atom stereocenters. The van der Waals surface area contributed by atoms with Crippen LogP contribution in [0.15, 0.2) is 24.3 Å². The molecule has 0 heterocycles. The van der Waals surface area contributed by atoms with Crippen molar-refractivity contribution in [3.63, 3.8) is 0 Å². The molecule has 0 radical (unpaired) electrons. The van der Waals surface area contributed by atoms with E-state index in [1.54, 1.807) is 0 Å². The summed E-state index contributed by atoms with van der Waals surface area (Å²) in [5, 5.41) is 3.21. The summed E-state index contributed by atoms with van der Waals surface area (Å²) in [6, 6.07) is 8.21. The van der Waals surface area contributed by atoms with Gasteiger partial charge in [-0.1, -0.05) is 32.4 Å². The highest BCUT2D eigenvalue weighted by atomic mass is 16.1. The summed E-state index contributed by atoms with van der Waals surface area (Å²) in [4.78, 5) is 12.2. The minimum Gasteiger partial charge on any atom is -0.399 e. The molecule has 1 saturated carbocycles. The lowest BCUT2D eigenvalue weighted by Crippen LogP contribution is -2.38. The van der Waals surface area contributed by atoms with Gasteiger partial charge < -0.3 is 11.1 Å². The number of nitrogens with one attached hydrogen (secondary N) is 1. The molecule has 1 aromatic rings. The predicted molar refractivity (Wildman–Crippen MR) is 88.1 cm³/mol. The number of rotatable bonds is 5. The highest BCUT2D eigenvalue weighted by Gasteiger charge is 2.22. The van der Waals surface area contributed by atoms with E-state index in [9.17, 15) is 4.79 Å². The lowest BCUT2D eigenvalue weighted by atomic mass is 9.84. The van der Waals surface area contributed by atoms with E-state index >= 15 is 0 Å². The van der Waals surface area contributed by atoms with Gasteiger partial charge in [0.25, 0.3) is 0 Å². The molecule has 0 aromatic heterocycles. The van der Waals surface area contributed by atoms with Crippen LogP contribution < -0.4 is 11.1 Å². The monoisotopic (exact) mass is 288 g/mol. The molecule has 1 aliphatic carbocycles. The van der Waals surface area contributed by atoms with E-state index in [4.69, 9.17) is 5.73 Å². The molecule has 3 nitrogen and oxygen atoms in total. The van der Waals surface area contributed by atoms with Crippen molar-refractivity contribution in [3.8, 4) is 0 Å². The molecule has 1 aromatic carbocycles. The minimum atomic E-state index is 0.180. The molecule has 116 valence electrons. The molecule has 0 bridgehead atoms. The first kappa shape index (κ1) is 15.9. The Labute approximate surface area is 128 Å². The topological polar surface area (TPSA) is 55.1 Å². The predicted octanol–water partition coefficient (Wildman–Crippen LogP) is 3.85. The van der Waals surface area contributed by atoms with Gasteiger partial charge in [-0.3, -0.25) is 4.79 Å². The second-order valence-electron chi connectivity index (χ2n) is 6.47. The molecule has 1 fully saturated rings. The van der Waals surface area contributed by atoms with Gasteiger partial charge in [-0.05, 0) is 55.2 Å². The third-order valence-electron chi connectivity index (χ3n) is 4.79. The molecule has 0 spiro atoms. The zero-order valence-corrected chi connectivity index (χ0v) is 13.3. The highest BCUT2D eigenvalue weighted by Crippen LogP contribution is 2.27. The molecule has 21 heavy (non-hydrogen) atoms. The van der Waals surface area contributed by atoms with Crippen LogP contribution in [-0.2, 0) is 4.79 Å². The number of carbonyl (C=O) groups is 1. The second-order valence-corrected chi connectivity index (χ2v) is 6.47. The van der Waals surface area contributed by atoms with Crippen molar-refractivity contribution in [2.24, 2.45) is 5.92 Å². The largest absolute Gasteiger partial charge is 0.399 e. The van der Waals surface area contributed by atoms with Crippen LogP contribution in [-0.4, -0.2) is 11.9 Å². The van der Waals surface area contributed by atoms with Crippen LogP contribution in [0.2, 0.25) is 0 Å². The number of benzene rings is 1. The number of hydrogen-bond donors (Lipinski definition) is 2. The summed E-state index contributed by atoms with van der Waals surface area (Å²) in [5.74, 6) is 1.28. The normalized spacial score (nSPS) is 23.5. The quantitative estimate of drug-likeness (QED) is 0.809. The average molecular weight is 288 g/mol. The van der Waals surface area contributed by atoms with Crippen molar-refractivity contribution in [3.05, 3.63) is 29.8 Å². The summed E-state index contributed by atoms with van der Waals surface area (Å²) in [5.41, 5.74) is 7.64. The van der Waals surface area contributed by atoms with E-state index < -0.39 is 0 Å². The Morgan fingerprint density at radius 1 is 1.24 bits per heavy atom. The number of hydrogen-bond acceptors (Lipinski definition) is 2. The summed E-state index contributed by atoms with van der Waals surface area (Å²) in [7, 11) is 0. The Hall–Kier alpha value is -1.51. The van der Waals surface area contributed by atoms with E-state index in [-0.39, 0.29) is 11.8 Å². The van der Waals surface area contributed by atoms with Gasteiger partial charge in [0.2, 0.25) is 5.91 Å². The molecule has 0 saturated heterocycles. The summed E-state index contributed by atoms with van der Waals surface area (Å²) < 4.78 is 0. The molecule has 0 aliphatic heterocycles. The van der Waals surface area contributed by atoms with Crippen molar-refractivity contribution in [2.45, 2.75) is 64.3 Å². The molecule has 1 amide bonds. The van der Waals surface area contributed by atoms with Crippen molar-refractivity contribution in [2.75, 3.05) is 5.73 Å². The highest BCUT2D eigenvalue weighted by molar-refractivity contribution is 5.77. The summed E-state index contributed by atoms with van der Waals surface area (Å²) in [6.45, 7) is 4.36. The van der Waals surface area contributed by atoms with Gasteiger partial charge >= 0.3 is 0 Å². The Bertz CT molecular complexity index is 447. The van der Waals surface area contributed by atoms with Crippen molar-refractivity contribution in [1.82, 2.24) is 5.32 Å². The van der Waals surface area contributed by atoms with Crippen LogP contribution in [0.3, 0.4) is 0 Å². The first-order valence-electron chi connectivity index (χ1n) is 8.23. The van der Waals surface area contributed by atoms with Crippen LogP contribution in [0.4, 0.5) is 5.69 Å². The first-order chi connectivity index (χ1) is 10.1. The van der Waals surface area contributed by atoms with Crippen LogP contribution >= 0.6 is 0 Å². The maximum absolute atomic E-state index is 12.2. The number of nitrogens with two attached hydrogens (primary N) is 1. The molecular formula is C18H28N2O. The fourth-order valence-corrected chi connectivity index (χ4v) is 3.22. The van der Waals surface area contributed by atoms with Crippen molar-refractivity contribution < 1.29 is 4.79 Å². The Balaban J connectivity index is 1.78. The second kappa shape index (κ2) is 7.48. The maximum Gasteiger partial charge on any atom is 0.220 e.